The molecule has 220 valence electrons. The van der Waals surface area contributed by atoms with Crippen molar-refractivity contribution in [3.8, 4) is 0 Å². The first-order valence-electron chi connectivity index (χ1n) is 15.0. The summed E-state index contributed by atoms with van der Waals surface area (Å²) in [6, 6.07) is -1.01. The third-order valence-electron chi connectivity index (χ3n) is 12.4. The van der Waals surface area contributed by atoms with Crippen molar-refractivity contribution in [2.75, 3.05) is 19.8 Å². The van der Waals surface area contributed by atoms with Crippen LogP contribution in [0.15, 0.2) is 46.3 Å². The lowest BCUT2D eigenvalue weighted by molar-refractivity contribution is -0.160. The molecule has 5 aliphatic carbocycles. The van der Waals surface area contributed by atoms with E-state index in [0.717, 1.165) is 56.1 Å². The summed E-state index contributed by atoms with van der Waals surface area (Å²) in [5.74, 6) is 0.0574. The van der Waals surface area contributed by atoms with Crippen molar-refractivity contribution >= 4 is 11.8 Å². The Morgan fingerprint density at radius 2 is 1.68 bits per heavy atom. The number of aliphatic hydroxyl groups excluding tert-OH is 3. The van der Waals surface area contributed by atoms with Crippen LogP contribution in [-0.2, 0) is 4.79 Å². The molecule has 0 bridgehead atoms. The highest BCUT2D eigenvalue weighted by atomic mass is 16.3. The number of hydrogen-bond donors (Lipinski definition) is 5. The molecule has 7 nitrogen and oxygen atoms in total. The van der Waals surface area contributed by atoms with Gasteiger partial charge in [-0.2, -0.15) is 0 Å². The molecule has 40 heavy (non-hydrogen) atoms. The summed E-state index contributed by atoms with van der Waals surface area (Å²) in [4.78, 5) is 25.2. The Morgan fingerprint density at radius 3 is 2.35 bits per heavy atom. The van der Waals surface area contributed by atoms with Gasteiger partial charge in [0.05, 0.1) is 19.3 Å². The Labute approximate surface area is 238 Å². The van der Waals surface area contributed by atoms with Gasteiger partial charge in [0.2, 0.25) is 5.78 Å². The number of hydrogen-bond acceptors (Lipinski definition) is 5. The summed E-state index contributed by atoms with van der Waals surface area (Å²) >= 11 is 0. The maximum absolute atomic E-state index is 12.7. The van der Waals surface area contributed by atoms with Gasteiger partial charge in [-0.1, -0.05) is 52.3 Å². The molecule has 0 unspecified atom stereocenters. The molecule has 5 aliphatic rings. The number of aliphatic hydroxyl groups is 3. The molecular weight excluding hydrogens is 504 g/mol. The zero-order chi connectivity index (χ0) is 29.3. The van der Waals surface area contributed by atoms with E-state index >= 15 is 0 Å². The fourth-order valence-electron chi connectivity index (χ4n) is 9.36. The lowest BCUT2D eigenvalue weighted by Gasteiger charge is -2.70. The average Bonchev–Trinajstić information content (AvgIpc) is 2.92. The van der Waals surface area contributed by atoms with Crippen molar-refractivity contribution in [2.45, 2.75) is 92.5 Å². The molecule has 0 aliphatic heterocycles. The fraction of sp³-hybridized carbons (Fsp3) is 0.697. The molecule has 0 spiro atoms. The van der Waals surface area contributed by atoms with Crippen molar-refractivity contribution < 1.29 is 24.9 Å². The molecule has 3 fully saturated rings. The normalized spacial score (nSPS) is 40.7. The van der Waals surface area contributed by atoms with Crippen LogP contribution in [0.4, 0.5) is 4.79 Å². The number of rotatable bonds is 5. The van der Waals surface area contributed by atoms with Gasteiger partial charge >= 0.3 is 6.03 Å². The van der Waals surface area contributed by atoms with Crippen LogP contribution in [0.1, 0.15) is 86.5 Å². The highest BCUT2D eigenvalue weighted by molar-refractivity contribution is 6.06. The number of amides is 2. The van der Waals surface area contributed by atoms with Crippen LogP contribution in [0.3, 0.4) is 0 Å². The second-order valence-electron chi connectivity index (χ2n) is 14.7. The summed E-state index contributed by atoms with van der Waals surface area (Å²) in [6.07, 6.45) is 13.6. The SMILES string of the molecule is CC1=C(O)C(=O)C=C2C1=CC=C1[C@@]2(C)CC[C@@]2(C)[C@@H]3C[C@](C)(CNC(=O)NC(CO)CO)CC[C@]3(C)CC[C@]12C. The van der Waals surface area contributed by atoms with Crippen molar-refractivity contribution in [3.63, 3.8) is 0 Å². The van der Waals surface area contributed by atoms with Crippen LogP contribution >= 0.6 is 0 Å². The van der Waals surface area contributed by atoms with Crippen LogP contribution < -0.4 is 10.6 Å². The molecule has 0 heterocycles. The van der Waals surface area contributed by atoms with E-state index in [1.165, 1.54) is 5.57 Å². The zero-order valence-electron chi connectivity index (χ0n) is 25.1. The number of nitrogens with one attached hydrogen (secondary N) is 2. The Morgan fingerprint density at radius 1 is 1.00 bits per heavy atom. The van der Waals surface area contributed by atoms with Gasteiger partial charge in [0.25, 0.3) is 0 Å². The van der Waals surface area contributed by atoms with Gasteiger partial charge in [-0.05, 0) is 96.7 Å². The fourth-order valence-corrected chi connectivity index (χ4v) is 9.36. The Bertz CT molecular complexity index is 1240. The lowest BCUT2D eigenvalue weighted by atomic mass is 9.34. The first kappa shape index (κ1) is 29.1. The molecule has 5 N–H and O–H groups in total. The first-order chi connectivity index (χ1) is 18.7. The van der Waals surface area contributed by atoms with Crippen LogP contribution in [-0.4, -0.2) is 52.9 Å². The van der Waals surface area contributed by atoms with Gasteiger partial charge in [-0.15, -0.1) is 0 Å². The summed E-state index contributed by atoms with van der Waals surface area (Å²) < 4.78 is 0. The van der Waals surface area contributed by atoms with Crippen molar-refractivity contribution in [3.05, 3.63) is 46.3 Å². The smallest absolute Gasteiger partial charge is 0.315 e. The summed E-state index contributed by atoms with van der Waals surface area (Å²) in [7, 11) is 0. The minimum absolute atomic E-state index is 0.0360. The maximum atomic E-state index is 12.7. The van der Waals surface area contributed by atoms with Crippen LogP contribution in [0.25, 0.3) is 0 Å². The molecule has 3 saturated carbocycles. The first-order valence-corrected chi connectivity index (χ1v) is 15.0. The molecule has 6 atom stereocenters. The topological polar surface area (TPSA) is 119 Å². The minimum Gasteiger partial charge on any atom is -0.504 e. The van der Waals surface area contributed by atoms with Crippen molar-refractivity contribution in [2.24, 2.45) is 33.0 Å². The molecule has 0 aromatic carbocycles. The number of fused-ring (bicyclic) bond motifs is 7. The van der Waals surface area contributed by atoms with E-state index in [1.807, 2.05) is 6.92 Å². The van der Waals surface area contributed by atoms with Crippen molar-refractivity contribution in [1.29, 1.82) is 0 Å². The third-order valence-corrected chi connectivity index (χ3v) is 12.4. The molecule has 5 rings (SSSR count). The Hall–Kier alpha value is -2.38. The van der Waals surface area contributed by atoms with Gasteiger partial charge in [-0.3, -0.25) is 4.79 Å². The molecule has 0 radical (unpaired) electrons. The van der Waals surface area contributed by atoms with E-state index in [4.69, 9.17) is 0 Å². The molecule has 0 aromatic rings. The van der Waals surface area contributed by atoms with Gasteiger partial charge in [0.1, 0.15) is 0 Å². The molecule has 0 saturated heterocycles. The predicted molar refractivity (Wildman–Crippen MR) is 155 cm³/mol. The van der Waals surface area contributed by atoms with Crippen LogP contribution in [0.2, 0.25) is 0 Å². The summed E-state index contributed by atoms with van der Waals surface area (Å²) in [5.41, 5.74) is 4.14. The average molecular weight is 553 g/mol. The van der Waals surface area contributed by atoms with Gasteiger partial charge in [-0.25, -0.2) is 4.79 Å². The van der Waals surface area contributed by atoms with Crippen LogP contribution in [0, 0.1) is 33.0 Å². The number of allylic oxidation sites excluding steroid dienone is 7. The quantitative estimate of drug-likeness (QED) is 0.319. The van der Waals surface area contributed by atoms with Crippen molar-refractivity contribution in [1.82, 2.24) is 10.6 Å². The van der Waals surface area contributed by atoms with Gasteiger partial charge in [0, 0.05) is 17.5 Å². The molecule has 2 amide bonds. The minimum atomic E-state index is -0.659. The van der Waals surface area contributed by atoms with Crippen LogP contribution in [0.5, 0.6) is 0 Å². The molecular formula is C33H48N2O5. The van der Waals surface area contributed by atoms with E-state index in [2.05, 4.69) is 57.4 Å². The second kappa shape index (κ2) is 9.59. The number of urea groups is 1. The number of ketones is 1. The van der Waals surface area contributed by atoms with E-state index in [9.17, 15) is 24.9 Å². The van der Waals surface area contributed by atoms with E-state index in [0.29, 0.717) is 18.0 Å². The van der Waals surface area contributed by atoms with Gasteiger partial charge in [0.15, 0.2) is 5.76 Å². The van der Waals surface area contributed by atoms with E-state index in [1.54, 1.807) is 6.08 Å². The zero-order valence-corrected chi connectivity index (χ0v) is 25.1. The standard InChI is InChI=1S/C33H48N2O5/c1-20-22-7-8-25-31(4,23(22)15-24(38)27(20)39)12-14-33(6)26-16-29(2,19-34-28(40)35-21(17-36)18-37)9-10-30(26,3)11-13-32(25,33)5/h7-8,15,21,26,36-37,39H,9-14,16-19H2,1-6H3,(H2,34,35,40)/t26-,29-,30-,31+,32-,33+/m1/s1. The Kier molecular flexibility index (Phi) is 6.98. The second-order valence-corrected chi connectivity index (χ2v) is 14.7. The summed E-state index contributed by atoms with van der Waals surface area (Å²) in [6.45, 7) is 13.8. The Balaban J connectivity index is 1.45. The summed E-state index contributed by atoms with van der Waals surface area (Å²) in [5, 5.41) is 34.7. The third kappa shape index (κ3) is 4.13. The predicted octanol–water partition coefficient (Wildman–Crippen LogP) is 5.27. The number of carbonyl (C=O) groups is 2. The lowest BCUT2D eigenvalue weighted by Crippen LogP contribution is -2.62. The van der Waals surface area contributed by atoms with Gasteiger partial charge < -0.3 is 26.0 Å². The molecule has 7 heteroatoms. The highest BCUT2D eigenvalue weighted by Crippen LogP contribution is 2.75. The number of carbonyl (C=O) groups excluding carboxylic acids is 2. The monoisotopic (exact) mass is 552 g/mol. The maximum Gasteiger partial charge on any atom is 0.315 e. The highest BCUT2D eigenvalue weighted by Gasteiger charge is 2.66. The van der Waals surface area contributed by atoms with E-state index in [-0.39, 0.29) is 57.9 Å². The molecule has 0 aromatic heterocycles. The van der Waals surface area contributed by atoms with E-state index < -0.39 is 6.04 Å². The largest absolute Gasteiger partial charge is 0.504 e.